The lowest BCUT2D eigenvalue weighted by molar-refractivity contribution is -0.136. The lowest BCUT2D eigenvalue weighted by atomic mass is 9.81. The second-order valence-electron chi connectivity index (χ2n) is 7.46. The summed E-state index contributed by atoms with van der Waals surface area (Å²) >= 11 is 0. The summed E-state index contributed by atoms with van der Waals surface area (Å²) in [5.41, 5.74) is 0.805. The quantitative estimate of drug-likeness (QED) is 0.677. The molecule has 0 aromatic heterocycles. The minimum absolute atomic E-state index is 0.129. The van der Waals surface area contributed by atoms with E-state index >= 15 is 0 Å². The first kappa shape index (κ1) is 21.0. The van der Waals surface area contributed by atoms with Crippen LogP contribution in [0.15, 0.2) is 54.6 Å². The lowest BCUT2D eigenvalue weighted by Gasteiger charge is -2.31. The molecule has 4 nitrogen and oxygen atoms in total. The number of carbonyl (C=O) groups is 1. The van der Waals surface area contributed by atoms with E-state index in [0.29, 0.717) is 17.9 Å². The van der Waals surface area contributed by atoms with Gasteiger partial charge < -0.3 is 15.2 Å². The fourth-order valence-corrected chi connectivity index (χ4v) is 2.92. The monoisotopic (exact) mass is 369 g/mol. The van der Waals surface area contributed by atoms with Gasteiger partial charge in [-0.15, -0.1) is 0 Å². The average molecular weight is 370 g/mol. The zero-order valence-corrected chi connectivity index (χ0v) is 16.7. The molecule has 2 aromatic rings. The van der Waals surface area contributed by atoms with Crippen molar-refractivity contribution in [3.05, 3.63) is 65.7 Å². The van der Waals surface area contributed by atoms with Gasteiger partial charge in [0.25, 0.3) is 0 Å². The first-order valence-electron chi connectivity index (χ1n) is 9.64. The highest BCUT2D eigenvalue weighted by Gasteiger charge is 2.37. The van der Waals surface area contributed by atoms with Gasteiger partial charge in [-0.2, -0.15) is 0 Å². The molecular weight excluding hydrogens is 338 g/mol. The van der Waals surface area contributed by atoms with E-state index in [2.05, 4.69) is 5.32 Å². The number of amides is 1. The van der Waals surface area contributed by atoms with E-state index in [-0.39, 0.29) is 11.9 Å². The lowest BCUT2D eigenvalue weighted by Crippen LogP contribution is -2.45. The van der Waals surface area contributed by atoms with Gasteiger partial charge in [-0.25, -0.2) is 0 Å². The molecule has 4 heteroatoms. The Morgan fingerprint density at radius 3 is 2.37 bits per heavy atom. The summed E-state index contributed by atoms with van der Waals surface area (Å²) in [5, 5.41) is 13.9. The van der Waals surface area contributed by atoms with Crippen LogP contribution in [0.4, 0.5) is 0 Å². The zero-order chi connectivity index (χ0) is 19.9. The number of benzene rings is 2. The number of ether oxygens (including phenoxy) is 1. The van der Waals surface area contributed by atoms with Gasteiger partial charge in [0, 0.05) is 6.04 Å². The highest BCUT2D eigenvalue weighted by molar-refractivity contribution is 5.83. The third-order valence-corrected chi connectivity index (χ3v) is 5.01. The molecular formula is C23H31NO3. The molecule has 27 heavy (non-hydrogen) atoms. The van der Waals surface area contributed by atoms with E-state index < -0.39 is 11.5 Å². The average Bonchev–Trinajstić information content (AvgIpc) is 2.70. The Balaban J connectivity index is 2.08. The predicted octanol–water partition coefficient (Wildman–Crippen LogP) is 4.63. The smallest absolute Gasteiger partial charge is 0.228 e. The largest absolute Gasteiger partial charge is 0.489 e. The topological polar surface area (TPSA) is 58.6 Å². The molecule has 1 atom stereocenters. The Labute approximate surface area is 162 Å². The van der Waals surface area contributed by atoms with E-state index in [9.17, 15) is 9.90 Å². The summed E-state index contributed by atoms with van der Waals surface area (Å²) in [5.74, 6) is 0.533. The van der Waals surface area contributed by atoms with Crippen LogP contribution >= 0.6 is 0 Å². The maximum Gasteiger partial charge on any atom is 0.228 e. The second kappa shape index (κ2) is 9.56. The van der Waals surface area contributed by atoms with Crippen molar-refractivity contribution in [2.75, 3.05) is 0 Å². The summed E-state index contributed by atoms with van der Waals surface area (Å²) in [6.45, 7) is 8.09. The minimum Gasteiger partial charge on any atom is -0.489 e. The molecule has 0 saturated heterocycles. The summed E-state index contributed by atoms with van der Waals surface area (Å²) in [7, 11) is 0. The van der Waals surface area contributed by atoms with Crippen LogP contribution in [0, 0.1) is 5.41 Å². The van der Waals surface area contributed by atoms with Crippen LogP contribution in [0.2, 0.25) is 0 Å². The van der Waals surface area contributed by atoms with Crippen molar-refractivity contribution >= 4 is 5.91 Å². The molecule has 0 aliphatic heterocycles. The van der Waals surface area contributed by atoms with Gasteiger partial charge in [0.2, 0.25) is 5.91 Å². The van der Waals surface area contributed by atoms with Crippen LogP contribution in [0.5, 0.6) is 5.75 Å². The second-order valence-corrected chi connectivity index (χ2v) is 7.46. The van der Waals surface area contributed by atoms with Gasteiger partial charge in [-0.05, 0) is 49.9 Å². The van der Waals surface area contributed by atoms with Crippen LogP contribution < -0.4 is 10.1 Å². The van der Waals surface area contributed by atoms with Crippen LogP contribution in [0.1, 0.15) is 57.8 Å². The molecule has 0 saturated carbocycles. The first-order chi connectivity index (χ1) is 12.9. The molecule has 0 unspecified atom stereocenters. The van der Waals surface area contributed by atoms with Crippen LogP contribution in [-0.2, 0) is 11.4 Å². The Morgan fingerprint density at radius 2 is 1.74 bits per heavy atom. The van der Waals surface area contributed by atoms with Crippen molar-refractivity contribution in [1.82, 2.24) is 5.32 Å². The van der Waals surface area contributed by atoms with Gasteiger partial charge in [-0.1, -0.05) is 56.3 Å². The van der Waals surface area contributed by atoms with Gasteiger partial charge in [-0.3, -0.25) is 4.79 Å². The molecule has 0 aliphatic carbocycles. The Bertz CT molecular complexity index is 723. The van der Waals surface area contributed by atoms with E-state index in [1.807, 2.05) is 62.4 Å². The number of nitrogens with one attached hydrogen (secondary N) is 1. The van der Waals surface area contributed by atoms with Crippen molar-refractivity contribution in [1.29, 1.82) is 0 Å². The van der Waals surface area contributed by atoms with E-state index in [4.69, 9.17) is 4.74 Å². The van der Waals surface area contributed by atoms with Crippen molar-refractivity contribution in [2.24, 2.45) is 5.41 Å². The van der Waals surface area contributed by atoms with Gasteiger partial charge in [0.05, 0.1) is 11.5 Å². The number of rotatable bonds is 9. The normalized spacial score (nSPS) is 12.7. The Hall–Kier alpha value is -2.33. The highest BCUT2D eigenvalue weighted by atomic mass is 16.5. The van der Waals surface area contributed by atoms with Crippen molar-refractivity contribution in [3.8, 4) is 5.75 Å². The van der Waals surface area contributed by atoms with Gasteiger partial charge in [0.1, 0.15) is 12.4 Å². The van der Waals surface area contributed by atoms with Crippen LogP contribution in [-0.4, -0.2) is 17.1 Å². The summed E-state index contributed by atoms with van der Waals surface area (Å²) < 4.78 is 5.84. The molecule has 2 N–H and O–H groups in total. The number of aliphatic hydroxyl groups excluding tert-OH is 1. The first-order valence-corrected chi connectivity index (χ1v) is 9.64. The van der Waals surface area contributed by atoms with Gasteiger partial charge in [0.15, 0.2) is 0 Å². The van der Waals surface area contributed by atoms with Crippen molar-refractivity contribution in [2.45, 2.75) is 59.3 Å². The molecule has 1 amide bonds. The number of carbonyl (C=O) groups excluding carboxylic acids is 1. The predicted molar refractivity (Wildman–Crippen MR) is 108 cm³/mol. The Morgan fingerprint density at radius 1 is 1.07 bits per heavy atom. The maximum absolute atomic E-state index is 12.7. The molecule has 146 valence electrons. The standard InChI is InChI=1S/C23H31NO3/c1-5-19(6-2)24-22(26)23(3,4)21(25)18-13-10-14-20(15-18)27-16-17-11-8-7-9-12-17/h7-15,19,21,25H,5-6,16H2,1-4H3,(H,24,26)/t21-/m1/s1. The van der Waals surface area contributed by atoms with Crippen molar-refractivity contribution in [3.63, 3.8) is 0 Å². The van der Waals surface area contributed by atoms with E-state index in [1.54, 1.807) is 19.9 Å². The zero-order valence-electron chi connectivity index (χ0n) is 16.7. The fraction of sp³-hybridized carbons (Fsp3) is 0.435. The molecule has 0 radical (unpaired) electrons. The fourth-order valence-electron chi connectivity index (χ4n) is 2.92. The molecule has 0 spiro atoms. The van der Waals surface area contributed by atoms with Crippen molar-refractivity contribution < 1.29 is 14.6 Å². The number of hydrogen-bond donors (Lipinski definition) is 2. The van der Waals surface area contributed by atoms with Gasteiger partial charge >= 0.3 is 0 Å². The Kier molecular flexibility index (Phi) is 7.43. The molecule has 0 heterocycles. The summed E-state index contributed by atoms with van der Waals surface area (Å²) in [6.07, 6.45) is 0.821. The molecule has 2 aromatic carbocycles. The summed E-state index contributed by atoms with van der Waals surface area (Å²) in [6, 6.07) is 17.4. The highest BCUT2D eigenvalue weighted by Crippen LogP contribution is 2.35. The summed E-state index contributed by atoms with van der Waals surface area (Å²) in [4.78, 5) is 12.7. The van der Waals surface area contributed by atoms with Crippen LogP contribution in [0.25, 0.3) is 0 Å². The molecule has 0 fully saturated rings. The third-order valence-electron chi connectivity index (χ3n) is 5.01. The van der Waals surface area contributed by atoms with Crippen LogP contribution in [0.3, 0.4) is 0 Å². The number of hydrogen-bond acceptors (Lipinski definition) is 3. The molecule has 0 bridgehead atoms. The number of aliphatic hydroxyl groups is 1. The van der Waals surface area contributed by atoms with E-state index in [1.165, 1.54) is 0 Å². The SMILES string of the molecule is CCC(CC)NC(=O)C(C)(C)[C@H](O)c1cccc(OCc2ccccc2)c1. The third kappa shape index (κ3) is 5.57. The maximum atomic E-state index is 12.7. The molecule has 0 aliphatic rings. The van der Waals surface area contributed by atoms with E-state index in [0.717, 1.165) is 18.4 Å². The molecule has 2 rings (SSSR count). The minimum atomic E-state index is -0.944.